The second-order valence-corrected chi connectivity index (χ2v) is 6.31. The molecule has 0 aliphatic rings. The van der Waals surface area contributed by atoms with Gasteiger partial charge >= 0.3 is 12.1 Å². The number of benzene rings is 1. The fourth-order valence-corrected chi connectivity index (χ4v) is 3.11. The number of carboxylic acid groups (broad SMARTS) is 1. The fourth-order valence-electron chi connectivity index (χ4n) is 2.09. The molecule has 1 amide bonds. The number of nitrogens with one attached hydrogen (secondary N) is 1. The van der Waals surface area contributed by atoms with Gasteiger partial charge in [0.15, 0.2) is 0 Å². The molecule has 8 heteroatoms. The molecule has 0 aliphatic heterocycles. The first-order valence-corrected chi connectivity index (χ1v) is 9.01. The van der Waals surface area contributed by atoms with Crippen molar-refractivity contribution in [2.45, 2.75) is 18.4 Å². The zero-order valence-electron chi connectivity index (χ0n) is 14.3. The van der Waals surface area contributed by atoms with Crippen LogP contribution in [0.25, 0.3) is 0 Å². The molecule has 26 heavy (non-hydrogen) atoms. The minimum Gasteiger partial charge on any atom is -0.481 e. The average Bonchev–Trinajstić information content (AvgIpc) is 2.66. The van der Waals surface area contributed by atoms with E-state index in [2.05, 4.69) is 10.3 Å². The number of methoxy groups -OCH3 is 1. The Morgan fingerprint density at radius 1 is 1.23 bits per heavy atom. The Labute approximate surface area is 155 Å². The van der Waals surface area contributed by atoms with Gasteiger partial charge in [-0.05, 0) is 11.6 Å². The minimum absolute atomic E-state index is 0.0824. The first-order chi connectivity index (χ1) is 12.6. The van der Waals surface area contributed by atoms with Crippen LogP contribution in [0.2, 0.25) is 0 Å². The second-order valence-electron chi connectivity index (χ2n) is 5.28. The van der Waals surface area contributed by atoms with Crippen molar-refractivity contribution in [3.8, 4) is 5.88 Å². The van der Waals surface area contributed by atoms with Crippen molar-refractivity contribution in [2.24, 2.45) is 0 Å². The molecule has 138 valence electrons. The molecule has 0 aliphatic carbocycles. The van der Waals surface area contributed by atoms with E-state index in [9.17, 15) is 14.7 Å². The van der Waals surface area contributed by atoms with Crippen molar-refractivity contribution in [1.29, 1.82) is 0 Å². The highest BCUT2D eigenvalue weighted by Gasteiger charge is 2.21. The Balaban J connectivity index is 1.80. The molecule has 0 saturated carbocycles. The molecule has 2 N–H and O–H groups in total. The molecule has 1 aromatic heterocycles. The first-order valence-electron chi connectivity index (χ1n) is 7.85. The van der Waals surface area contributed by atoms with E-state index in [4.69, 9.17) is 9.47 Å². The average molecular weight is 376 g/mol. The summed E-state index contributed by atoms with van der Waals surface area (Å²) in [7, 11) is 1.53. The lowest BCUT2D eigenvalue weighted by atomic mass is 10.2. The van der Waals surface area contributed by atoms with Gasteiger partial charge in [0, 0.05) is 23.3 Å². The van der Waals surface area contributed by atoms with Crippen LogP contribution in [0.1, 0.15) is 11.1 Å². The summed E-state index contributed by atoms with van der Waals surface area (Å²) in [6.07, 6.45) is 0.859. The summed E-state index contributed by atoms with van der Waals surface area (Å²) in [5.74, 6) is 0.0874. The second kappa shape index (κ2) is 10.3. The Morgan fingerprint density at radius 2 is 2.00 bits per heavy atom. The van der Waals surface area contributed by atoms with Gasteiger partial charge in [-0.15, -0.1) is 0 Å². The number of carboxylic acids is 1. The molecule has 0 saturated heterocycles. The van der Waals surface area contributed by atoms with Gasteiger partial charge in [0.05, 0.1) is 7.11 Å². The van der Waals surface area contributed by atoms with Crippen molar-refractivity contribution in [3.63, 3.8) is 0 Å². The van der Waals surface area contributed by atoms with Gasteiger partial charge in [0.25, 0.3) is 0 Å². The van der Waals surface area contributed by atoms with Gasteiger partial charge < -0.3 is 19.9 Å². The van der Waals surface area contributed by atoms with Crippen molar-refractivity contribution in [3.05, 3.63) is 59.8 Å². The number of ether oxygens (including phenoxy) is 2. The minimum atomic E-state index is -1.12. The third-order valence-electron chi connectivity index (χ3n) is 3.39. The van der Waals surface area contributed by atoms with Gasteiger partial charge in [-0.3, -0.25) is 0 Å². The topological polar surface area (TPSA) is 97.8 Å². The number of nitrogens with zero attached hydrogens (tertiary/aromatic N) is 1. The van der Waals surface area contributed by atoms with E-state index in [0.717, 1.165) is 11.1 Å². The van der Waals surface area contributed by atoms with Gasteiger partial charge in [-0.25, -0.2) is 14.6 Å². The number of hydrogen-bond donors (Lipinski definition) is 2. The van der Waals surface area contributed by atoms with Crippen LogP contribution in [-0.4, -0.2) is 41.1 Å². The van der Waals surface area contributed by atoms with E-state index in [1.807, 2.05) is 36.4 Å². The van der Waals surface area contributed by atoms with E-state index >= 15 is 0 Å². The summed E-state index contributed by atoms with van der Waals surface area (Å²) in [5.41, 5.74) is 1.68. The number of aliphatic carboxylic acids is 1. The third kappa shape index (κ3) is 6.29. The highest BCUT2D eigenvalue weighted by molar-refractivity contribution is 7.98. The van der Waals surface area contributed by atoms with Gasteiger partial charge in [-0.1, -0.05) is 36.4 Å². The Kier molecular flexibility index (Phi) is 7.75. The summed E-state index contributed by atoms with van der Waals surface area (Å²) in [6, 6.07) is 11.8. The number of carbonyl (C=O) groups excluding carboxylic acids is 1. The highest BCUT2D eigenvalue weighted by Crippen LogP contribution is 2.20. The SMILES string of the molecule is COc1ncccc1CSCC(NC(=O)OCc1ccccc1)C(=O)O. The van der Waals surface area contributed by atoms with E-state index < -0.39 is 18.1 Å². The summed E-state index contributed by atoms with van der Waals surface area (Å²) < 4.78 is 10.2. The predicted molar refractivity (Wildman–Crippen MR) is 98.1 cm³/mol. The van der Waals surface area contributed by atoms with Crippen LogP contribution in [0.15, 0.2) is 48.7 Å². The van der Waals surface area contributed by atoms with E-state index in [1.165, 1.54) is 18.9 Å². The van der Waals surface area contributed by atoms with Crippen molar-refractivity contribution in [2.75, 3.05) is 12.9 Å². The number of alkyl carbamates (subject to hydrolysis) is 1. The number of carbonyl (C=O) groups is 2. The lowest BCUT2D eigenvalue weighted by Crippen LogP contribution is -2.42. The maximum atomic E-state index is 11.8. The van der Waals surface area contributed by atoms with E-state index in [0.29, 0.717) is 11.6 Å². The Hall–Kier alpha value is -2.74. The van der Waals surface area contributed by atoms with Crippen LogP contribution >= 0.6 is 11.8 Å². The monoisotopic (exact) mass is 376 g/mol. The number of thioether (sulfide) groups is 1. The Bertz CT molecular complexity index is 727. The number of amides is 1. The third-order valence-corrected chi connectivity index (χ3v) is 4.47. The lowest BCUT2D eigenvalue weighted by molar-refractivity contribution is -0.138. The maximum Gasteiger partial charge on any atom is 0.408 e. The molecule has 1 atom stereocenters. The summed E-state index contributed by atoms with van der Waals surface area (Å²) in [6.45, 7) is 0.0824. The number of hydrogen-bond acceptors (Lipinski definition) is 6. The highest BCUT2D eigenvalue weighted by atomic mass is 32.2. The molecule has 1 heterocycles. The number of rotatable bonds is 9. The van der Waals surface area contributed by atoms with Crippen molar-refractivity contribution >= 4 is 23.8 Å². The molecule has 7 nitrogen and oxygen atoms in total. The van der Waals surface area contributed by atoms with Crippen molar-refractivity contribution in [1.82, 2.24) is 10.3 Å². The molecule has 0 fully saturated rings. The molecule has 0 radical (unpaired) electrons. The van der Waals surface area contributed by atoms with E-state index in [1.54, 1.807) is 12.3 Å². The predicted octanol–water partition coefficient (Wildman–Crippen LogP) is 2.70. The van der Waals surface area contributed by atoms with Crippen LogP contribution in [0, 0.1) is 0 Å². The Morgan fingerprint density at radius 3 is 2.69 bits per heavy atom. The van der Waals surface area contributed by atoms with Crippen LogP contribution in [0.5, 0.6) is 5.88 Å². The van der Waals surface area contributed by atoms with Gasteiger partial charge in [-0.2, -0.15) is 11.8 Å². The molecular formula is C18H20N2O5S. The number of aromatic nitrogens is 1. The van der Waals surface area contributed by atoms with E-state index in [-0.39, 0.29) is 12.4 Å². The molecule has 2 aromatic rings. The van der Waals surface area contributed by atoms with Crippen LogP contribution in [0.4, 0.5) is 4.79 Å². The first kappa shape index (κ1) is 19.6. The lowest BCUT2D eigenvalue weighted by Gasteiger charge is -2.14. The van der Waals surface area contributed by atoms with Gasteiger partial charge in [0.2, 0.25) is 5.88 Å². The standard InChI is InChI=1S/C18H20N2O5S/c1-24-16-14(8-5-9-19-16)11-26-12-15(17(21)22)20-18(23)25-10-13-6-3-2-4-7-13/h2-9,15H,10-12H2,1H3,(H,20,23)(H,21,22). The van der Waals surface area contributed by atoms with Crippen LogP contribution in [0.3, 0.4) is 0 Å². The molecule has 0 bridgehead atoms. The summed E-state index contributed by atoms with van der Waals surface area (Å²) >= 11 is 1.36. The smallest absolute Gasteiger partial charge is 0.408 e. The van der Waals surface area contributed by atoms with Gasteiger partial charge in [0.1, 0.15) is 12.6 Å². The molecule has 2 rings (SSSR count). The molecule has 1 aromatic carbocycles. The van der Waals surface area contributed by atoms with Crippen LogP contribution < -0.4 is 10.1 Å². The number of pyridine rings is 1. The fraction of sp³-hybridized carbons (Fsp3) is 0.278. The normalized spacial score (nSPS) is 11.4. The largest absolute Gasteiger partial charge is 0.481 e. The zero-order chi connectivity index (χ0) is 18.8. The zero-order valence-corrected chi connectivity index (χ0v) is 15.1. The summed E-state index contributed by atoms with van der Waals surface area (Å²) in [5, 5.41) is 11.7. The molecule has 1 unspecified atom stereocenters. The van der Waals surface area contributed by atoms with Crippen molar-refractivity contribution < 1.29 is 24.2 Å². The molecule has 0 spiro atoms. The molecular weight excluding hydrogens is 356 g/mol. The van der Waals surface area contributed by atoms with Crippen LogP contribution in [-0.2, 0) is 21.9 Å². The maximum absolute atomic E-state index is 11.8. The summed E-state index contributed by atoms with van der Waals surface area (Å²) in [4.78, 5) is 27.3. The quantitative estimate of drug-likeness (QED) is 0.694.